The lowest BCUT2D eigenvalue weighted by Gasteiger charge is -2.23. The quantitative estimate of drug-likeness (QED) is 0.629. The molecule has 0 aromatic rings. The van der Waals surface area contributed by atoms with Crippen LogP contribution in [0.15, 0.2) is 0 Å². The van der Waals surface area contributed by atoms with Crippen molar-refractivity contribution in [2.45, 2.75) is 71.8 Å². The Bertz CT molecular complexity index is 190. The normalized spacial score (nSPS) is 20.8. The van der Waals surface area contributed by atoms with Crippen molar-refractivity contribution in [2.75, 3.05) is 19.8 Å². The summed E-state index contributed by atoms with van der Waals surface area (Å²) in [5.74, 6) is 1.76. The smallest absolute Gasteiger partial charge is 0.0468 e. The van der Waals surface area contributed by atoms with Crippen molar-refractivity contribution >= 4 is 0 Å². The fraction of sp³-hybridized carbons (Fsp3) is 1.00. The van der Waals surface area contributed by atoms with E-state index in [1.165, 1.54) is 44.9 Å². The summed E-state index contributed by atoms with van der Waals surface area (Å²) in [6, 6.07) is 0.674. The first-order valence-corrected chi connectivity index (χ1v) is 8.05. The van der Waals surface area contributed by atoms with Gasteiger partial charge in [0.1, 0.15) is 0 Å². The number of hydrogen-bond donors (Lipinski definition) is 1. The van der Waals surface area contributed by atoms with E-state index in [1.54, 1.807) is 0 Å². The molecule has 0 bridgehead atoms. The molecule has 108 valence electrons. The van der Waals surface area contributed by atoms with Crippen LogP contribution in [-0.2, 0) is 4.74 Å². The predicted molar refractivity (Wildman–Crippen MR) is 78.9 cm³/mol. The first-order chi connectivity index (χ1) is 8.74. The predicted octanol–water partition coefficient (Wildman–Crippen LogP) is 4.00. The summed E-state index contributed by atoms with van der Waals surface area (Å²) >= 11 is 0. The van der Waals surface area contributed by atoms with Crippen LogP contribution in [0.5, 0.6) is 0 Å². The Kier molecular flexibility index (Phi) is 8.70. The third kappa shape index (κ3) is 6.75. The highest BCUT2D eigenvalue weighted by Gasteiger charge is 2.14. The molecule has 2 heteroatoms. The van der Waals surface area contributed by atoms with Gasteiger partial charge in [-0.15, -0.1) is 0 Å². The average Bonchev–Trinajstić information content (AvgIpc) is 2.41. The maximum Gasteiger partial charge on any atom is 0.0468 e. The van der Waals surface area contributed by atoms with Crippen LogP contribution in [0.1, 0.15) is 65.7 Å². The van der Waals surface area contributed by atoms with Gasteiger partial charge in [0.2, 0.25) is 0 Å². The summed E-state index contributed by atoms with van der Waals surface area (Å²) < 4.78 is 5.40. The molecule has 1 rings (SSSR count). The van der Waals surface area contributed by atoms with Crippen molar-refractivity contribution in [1.82, 2.24) is 5.32 Å². The molecule has 1 aliphatic heterocycles. The Morgan fingerprint density at radius 1 is 1.17 bits per heavy atom. The summed E-state index contributed by atoms with van der Waals surface area (Å²) in [6.45, 7) is 10.1. The van der Waals surface area contributed by atoms with Gasteiger partial charge in [-0.05, 0) is 51.0 Å². The van der Waals surface area contributed by atoms with Crippen molar-refractivity contribution in [3.63, 3.8) is 0 Å². The van der Waals surface area contributed by atoms with E-state index < -0.39 is 0 Å². The summed E-state index contributed by atoms with van der Waals surface area (Å²) in [5.41, 5.74) is 0. The molecule has 0 amide bonds. The molecule has 0 aromatic carbocycles. The van der Waals surface area contributed by atoms with Crippen LogP contribution in [-0.4, -0.2) is 25.8 Å². The molecule has 0 spiro atoms. The first-order valence-electron chi connectivity index (χ1n) is 8.05. The molecule has 0 aromatic heterocycles. The van der Waals surface area contributed by atoms with Gasteiger partial charge in [0, 0.05) is 19.3 Å². The minimum atomic E-state index is 0.674. The highest BCUT2D eigenvalue weighted by molar-refractivity contribution is 4.69. The van der Waals surface area contributed by atoms with Gasteiger partial charge in [-0.25, -0.2) is 0 Å². The van der Waals surface area contributed by atoms with Gasteiger partial charge >= 0.3 is 0 Å². The maximum atomic E-state index is 5.40. The van der Waals surface area contributed by atoms with E-state index in [0.717, 1.165) is 31.6 Å². The number of hydrogen-bond acceptors (Lipinski definition) is 2. The van der Waals surface area contributed by atoms with Crippen molar-refractivity contribution in [1.29, 1.82) is 0 Å². The largest absolute Gasteiger partial charge is 0.381 e. The molecule has 2 nitrogen and oxygen atoms in total. The number of ether oxygens (including phenoxy) is 1. The molecule has 1 saturated heterocycles. The van der Waals surface area contributed by atoms with E-state index in [4.69, 9.17) is 4.74 Å². The number of rotatable bonds is 9. The van der Waals surface area contributed by atoms with Gasteiger partial charge in [-0.1, -0.05) is 33.1 Å². The van der Waals surface area contributed by atoms with E-state index in [2.05, 4.69) is 26.1 Å². The zero-order valence-electron chi connectivity index (χ0n) is 12.7. The Balaban J connectivity index is 1.98. The Hall–Kier alpha value is -0.0800. The SMILES string of the molecule is CCCNC(C)C(C)CCCCC1CCOCC1. The molecule has 0 radical (unpaired) electrons. The first kappa shape index (κ1) is 16.0. The van der Waals surface area contributed by atoms with Gasteiger partial charge < -0.3 is 10.1 Å². The van der Waals surface area contributed by atoms with E-state index >= 15 is 0 Å². The average molecular weight is 255 g/mol. The molecular weight excluding hydrogens is 222 g/mol. The van der Waals surface area contributed by atoms with Gasteiger partial charge in [-0.2, -0.15) is 0 Å². The van der Waals surface area contributed by atoms with E-state index in [9.17, 15) is 0 Å². The van der Waals surface area contributed by atoms with Crippen LogP contribution in [0, 0.1) is 11.8 Å². The Labute approximate surface area is 114 Å². The van der Waals surface area contributed by atoms with Crippen LogP contribution < -0.4 is 5.32 Å². The summed E-state index contributed by atoms with van der Waals surface area (Å²) in [6.07, 6.45) is 9.44. The highest BCUT2D eigenvalue weighted by atomic mass is 16.5. The van der Waals surface area contributed by atoms with Gasteiger partial charge in [0.15, 0.2) is 0 Å². The fourth-order valence-electron chi connectivity index (χ4n) is 2.76. The second kappa shape index (κ2) is 9.80. The molecule has 2 atom stereocenters. The van der Waals surface area contributed by atoms with Crippen LogP contribution in [0.2, 0.25) is 0 Å². The lowest BCUT2D eigenvalue weighted by Crippen LogP contribution is -2.32. The summed E-state index contributed by atoms with van der Waals surface area (Å²) in [7, 11) is 0. The molecule has 1 heterocycles. The minimum Gasteiger partial charge on any atom is -0.381 e. The van der Waals surface area contributed by atoms with Crippen LogP contribution in [0.3, 0.4) is 0 Å². The Morgan fingerprint density at radius 2 is 1.89 bits per heavy atom. The van der Waals surface area contributed by atoms with Gasteiger partial charge in [0.25, 0.3) is 0 Å². The lowest BCUT2D eigenvalue weighted by atomic mass is 9.91. The lowest BCUT2D eigenvalue weighted by molar-refractivity contribution is 0.0630. The number of nitrogens with one attached hydrogen (secondary N) is 1. The second-order valence-corrected chi connectivity index (χ2v) is 6.06. The highest BCUT2D eigenvalue weighted by Crippen LogP contribution is 2.22. The molecule has 0 saturated carbocycles. The monoisotopic (exact) mass is 255 g/mol. The Morgan fingerprint density at radius 3 is 2.56 bits per heavy atom. The molecule has 1 N–H and O–H groups in total. The van der Waals surface area contributed by atoms with Crippen molar-refractivity contribution in [2.24, 2.45) is 11.8 Å². The van der Waals surface area contributed by atoms with Gasteiger partial charge in [-0.3, -0.25) is 0 Å². The van der Waals surface area contributed by atoms with E-state index in [-0.39, 0.29) is 0 Å². The maximum absolute atomic E-state index is 5.40. The van der Waals surface area contributed by atoms with E-state index in [0.29, 0.717) is 6.04 Å². The van der Waals surface area contributed by atoms with E-state index in [1.807, 2.05) is 0 Å². The third-order valence-corrected chi connectivity index (χ3v) is 4.43. The zero-order chi connectivity index (χ0) is 13.2. The third-order valence-electron chi connectivity index (χ3n) is 4.43. The topological polar surface area (TPSA) is 21.3 Å². The van der Waals surface area contributed by atoms with Crippen molar-refractivity contribution in [3.8, 4) is 0 Å². The molecule has 2 unspecified atom stereocenters. The second-order valence-electron chi connectivity index (χ2n) is 6.06. The van der Waals surface area contributed by atoms with Crippen molar-refractivity contribution in [3.05, 3.63) is 0 Å². The van der Waals surface area contributed by atoms with Crippen LogP contribution in [0.25, 0.3) is 0 Å². The molecule has 0 aliphatic carbocycles. The molecular formula is C16H33NO. The fourth-order valence-corrected chi connectivity index (χ4v) is 2.76. The summed E-state index contributed by atoms with van der Waals surface area (Å²) in [5, 5.41) is 3.61. The summed E-state index contributed by atoms with van der Waals surface area (Å²) in [4.78, 5) is 0. The molecule has 18 heavy (non-hydrogen) atoms. The number of unbranched alkanes of at least 4 members (excludes halogenated alkanes) is 1. The minimum absolute atomic E-state index is 0.674. The van der Waals surface area contributed by atoms with Crippen LogP contribution >= 0.6 is 0 Å². The molecule has 1 fully saturated rings. The zero-order valence-corrected chi connectivity index (χ0v) is 12.7. The van der Waals surface area contributed by atoms with Crippen molar-refractivity contribution < 1.29 is 4.74 Å². The standard InChI is InChI=1S/C16H33NO/c1-4-11-17-15(3)14(2)7-5-6-8-16-9-12-18-13-10-16/h14-17H,4-13H2,1-3H3. The van der Waals surface area contributed by atoms with Crippen LogP contribution in [0.4, 0.5) is 0 Å². The molecule has 1 aliphatic rings. The van der Waals surface area contributed by atoms with Gasteiger partial charge in [0.05, 0.1) is 0 Å².